The molecule has 0 atom stereocenters. The maximum atomic E-state index is 14.0. The molecule has 0 saturated carbocycles. The molecule has 12 nitrogen and oxygen atoms in total. The summed E-state index contributed by atoms with van der Waals surface area (Å²) in [7, 11) is 1.44. The van der Waals surface area contributed by atoms with Gasteiger partial charge in [0.25, 0.3) is 17.4 Å². The Morgan fingerprint density at radius 3 is 2.76 bits per heavy atom. The number of nitrogens with zero attached hydrogens (tertiary/aromatic N) is 6. The van der Waals surface area contributed by atoms with Gasteiger partial charge < -0.3 is 20.5 Å². The fourth-order valence-corrected chi connectivity index (χ4v) is 3.70. The lowest BCUT2D eigenvalue weighted by molar-refractivity contribution is -0.0567. The molecule has 3 aromatic rings. The maximum absolute atomic E-state index is 14.0. The van der Waals surface area contributed by atoms with Crippen molar-refractivity contribution in [2.45, 2.75) is 32.5 Å². The first kappa shape index (κ1) is 23.0. The van der Waals surface area contributed by atoms with Crippen molar-refractivity contribution in [3.63, 3.8) is 0 Å². The van der Waals surface area contributed by atoms with Gasteiger partial charge in [-0.3, -0.25) is 19.0 Å². The standard InChI is InChI=1S/C21H22FN7O5/c1-21(2)20-25-14(15(30)19(33)28(20)6-7-34-21)18(32)27(3)9-11-4-5-12(22)8-13(11)29-10-24-17(26-29)16(23)31/h4-5,8,10,30H,6-7,9H2,1-3H3,(H2,23,31). The topological polar surface area (TPSA) is 158 Å². The minimum atomic E-state index is -0.936. The third-order valence-electron chi connectivity index (χ3n) is 5.42. The minimum Gasteiger partial charge on any atom is -0.501 e. The number of aromatic hydroxyl groups is 1. The molecule has 0 spiro atoms. The van der Waals surface area contributed by atoms with E-state index in [1.165, 1.54) is 35.0 Å². The zero-order valence-electron chi connectivity index (χ0n) is 18.6. The molecule has 1 aliphatic rings. The monoisotopic (exact) mass is 471 g/mol. The lowest BCUT2D eigenvalue weighted by Gasteiger charge is -2.32. The second kappa shape index (κ2) is 8.33. The second-order valence-electron chi connectivity index (χ2n) is 8.26. The summed E-state index contributed by atoms with van der Waals surface area (Å²) < 4.78 is 22.1. The second-order valence-corrected chi connectivity index (χ2v) is 8.26. The Bertz CT molecular complexity index is 1360. The van der Waals surface area contributed by atoms with Crippen molar-refractivity contribution >= 4 is 11.8 Å². The van der Waals surface area contributed by atoms with Crippen LogP contribution in [0, 0.1) is 5.82 Å². The largest absolute Gasteiger partial charge is 0.501 e. The van der Waals surface area contributed by atoms with E-state index in [1.807, 2.05) is 0 Å². The Balaban J connectivity index is 1.69. The summed E-state index contributed by atoms with van der Waals surface area (Å²) in [5, 5.41) is 14.4. The molecule has 178 valence electrons. The van der Waals surface area contributed by atoms with Crippen LogP contribution in [0.25, 0.3) is 5.69 Å². The van der Waals surface area contributed by atoms with Gasteiger partial charge in [0.05, 0.1) is 18.8 Å². The summed E-state index contributed by atoms with van der Waals surface area (Å²) in [6.45, 7) is 3.82. The Morgan fingerprint density at radius 1 is 1.35 bits per heavy atom. The van der Waals surface area contributed by atoms with Crippen LogP contribution in [0.1, 0.15) is 46.3 Å². The lowest BCUT2D eigenvalue weighted by atomic mass is 10.1. The van der Waals surface area contributed by atoms with Gasteiger partial charge in [-0.25, -0.2) is 19.0 Å². The fourth-order valence-electron chi connectivity index (χ4n) is 3.70. The van der Waals surface area contributed by atoms with Gasteiger partial charge >= 0.3 is 0 Å². The number of primary amides is 1. The number of aromatic nitrogens is 5. The van der Waals surface area contributed by atoms with E-state index in [1.54, 1.807) is 13.8 Å². The normalized spacial score (nSPS) is 14.5. The highest BCUT2D eigenvalue weighted by atomic mass is 19.1. The van der Waals surface area contributed by atoms with Gasteiger partial charge in [0, 0.05) is 13.6 Å². The van der Waals surface area contributed by atoms with Crippen molar-refractivity contribution in [3.05, 3.63) is 63.6 Å². The predicted octanol–water partition coefficient (Wildman–Crippen LogP) is 0.305. The van der Waals surface area contributed by atoms with Crippen LogP contribution in [0.3, 0.4) is 0 Å². The Labute approximate surface area is 192 Å². The molecule has 0 bridgehead atoms. The van der Waals surface area contributed by atoms with Crippen molar-refractivity contribution in [3.8, 4) is 11.4 Å². The van der Waals surface area contributed by atoms with Crippen LogP contribution in [0.2, 0.25) is 0 Å². The third kappa shape index (κ3) is 4.01. The molecule has 1 aliphatic heterocycles. The van der Waals surface area contributed by atoms with E-state index in [4.69, 9.17) is 10.5 Å². The average molecular weight is 471 g/mol. The van der Waals surface area contributed by atoms with Crippen molar-refractivity contribution in [1.82, 2.24) is 29.2 Å². The van der Waals surface area contributed by atoms with Gasteiger partial charge in [0.15, 0.2) is 5.69 Å². The molecule has 0 fully saturated rings. The quantitative estimate of drug-likeness (QED) is 0.538. The number of halogens is 1. The molecule has 4 rings (SSSR count). The number of amides is 2. The highest BCUT2D eigenvalue weighted by Gasteiger charge is 2.35. The van der Waals surface area contributed by atoms with Gasteiger partial charge in [-0.15, -0.1) is 5.10 Å². The molecule has 3 N–H and O–H groups in total. The molecule has 0 radical (unpaired) electrons. The number of benzene rings is 1. The van der Waals surface area contributed by atoms with E-state index in [9.17, 15) is 23.9 Å². The van der Waals surface area contributed by atoms with E-state index >= 15 is 0 Å². The maximum Gasteiger partial charge on any atom is 0.296 e. The fraction of sp³-hybridized carbons (Fsp3) is 0.333. The molecule has 13 heteroatoms. The Morgan fingerprint density at radius 2 is 2.09 bits per heavy atom. The van der Waals surface area contributed by atoms with Gasteiger partial charge in [0.1, 0.15) is 23.6 Å². The third-order valence-corrected chi connectivity index (χ3v) is 5.42. The first-order chi connectivity index (χ1) is 16.0. The van der Waals surface area contributed by atoms with Gasteiger partial charge in [-0.1, -0.05) is 6.07 Å². The van der Waals surface area contributed by atoms with Crippen LogP contribution in [0.4, 0.5) is 4.39 Å². The SMILES string of the molecule is CN(Cc1ccc(F)cc1-n1cnc(C(N)=O)n1)C(=O)c1nc2n(c(=O)c1O)CCOC2(C)C. The predicted molar refractivity (Wildman–Crippen MR) is 115 cm³/mol. The van der Waals surface area contributed by atoms with Gasteiger partial charge in [0.2, 0.25) is 11.6 Å². The molecule has 0 saturated heterocycles. The molecule has 0 unspecified atom stereocenters. The zero-order valence-corrected chi connectivity index (χ0v) is 18.6. The summed E-state index contributed by atoms with van der Waals surface area (Å²) >= 11 is 0. The molecule has 2 aromatic heterocycles. The van der Waals surface area contributed by atoms with E-state index in [-0.39, 0.29) is 37.0 Å². The highest BCUT2D eigenvalue weighted by Crippen LogP contribution is 2.28. The van der Waals surface area contributed by atoms with Crippen molar-refractivity contribution in [1.29, 1.82) is 0 Å². The van der Waals surface area contributed by atoms with Crippen LogP contribution in [-0.4, -0.2) is 59.8 Å². The summed E-state index contributed by atoms with van der Waals surface area (Å²) in [6.07, 6.45) is 1.19. The molecule has 0 aliphatic carbocycles. The Kier molecular flexibility index (Phi) is 5.65. The van der Waals surface area contributed by atoms with Crippen LogP contribution in [0.15, 0.2) is 29.3 Å². The molecule has 34 heavy (non-hydrogen) atoms. The number of hydrogen-bond acceptors (Lipinski definition) is 8. The van der Waals surface area contributed by atoms with E-state index in [0.29, 0.717) is 5.56 Å². The number of hydrogen-bond donors (Lipinski definition) is 2. The zero-order chi connectivity index (χ0) is 24.8. The Hall–Kier alpha value is -4.13. The van der Waals surface area contributed by atoms with Crippen molar-refractivity contribution in [2.75, 3.05) is 13.7 Å². The number of ether oxygens (including phenoxy) is 1. The van der Waals surface area contributed by atoms with Crippen LogP contribution in [0.5, 0.6) is 5.75 Å². The summed E-state index contributed by atoms with van der Waals surface area (Å²) in [5.41, 5.74) is 3.75. The van der Waals surface area contributed by atoms with E-state index < -0.39 is 40.2 Å². The molecular weight excluding hydrogens is 449 g/mol. The summed E-state index contributed by atoms with van der Waals surface area (Å²) in [5.74, 6) is -2.95. The first-order valence-corrected chi connectivity index (χ1v) is 10.2. The molecule has 3 heterocycles. The van der Waals surface area contributed by atoms with Crippen LogP contribution < -0.4 is 11.3 Å². The molecular formula is C21H22FN7O5. The number of fused-ring (bicyclic) bond motifs is 1. The highest BCUT2D eigenvalue weighted by molar-refractivity contribution is 5.94. The van der Waals surface area contributed by atoms with Gasteiger partial charge in [-0.2, -0.15) is 0 Å². The minimum absolute atomic E-state index is 0.0698. The van der Waals surface area contributed by atoms with E-state index in [0.717, 1.165) is 10.7 Å². The number of rotatable bonds is 5. The lowest BCUT2D eigenvalue weighted by Crippen LogP contribution is -2.42. The van der Waals surface area contributed by atoms with Crippen LogP contribution >= 0.6 is 0 Å². The smallest absolute Gasteiger partial charge is 0.296 e. The van der Waals surface area contributed by atoms with Crippen LogP contribution in [-0.2, 0) is 23.4 Å². The van der Waals surface area contributed by atoms with Crippen molar-refractivity contribution in [2.24, 2.45) is 5.73 Å². The average Bonchev–Trinajstić information content (AvgIpc) is 3.27. The van der Waals surface area contributed by atoms with E-state index in [2.05, 4.69) is 15.1 Å². The van der Waals surface area contributed by atoms with Crippen molar-refractivity contribution < 1.29 is 23.8 Å². The molecule has 1 aromatic carbocycles. The number of carbonyl (C=O) groups excluding carboxylic acids is 2. The first-order valence-electron chi connectivity index (χ1n) is 10.2. The number of nitrogens with two attached hydrogens (primary N) is 1. The number of carbonyl (C=O) groups is 2. The summed E-state index contributed by atoms with van der Waals surface area (Å²) in [6, 6.07) is 3.80. The molecule has 2 amide bonds. The van der Waals surface area contributed by atoms with Gasteiger partial charge in [-0.05, 0) is 31.5 Å². The summed E-state index contributed by atoms with van der Waals surface area (Å²) in [4.78, 5) is 46.4.